The van der Waals surface area contributed by atoms with Crippen LogP contribution in [0.15, 0.2) is 72.8 Å². The van der Waals surface area contributed by atoms with Crippen LogP contribution in [0.25, 0.3) is 22.0 Å². The number of carbonyl (C=O) groups excluding carboxylic acids is 1. The molecular formula is C24H18N2O2. The van der Waals surface area contributed by atoms with Crippen LogP contribution in [0.1, 0.15) is 34.5 Å². The number of hydrogen-bond acceptors (Lipinski definition) is 4. The quantitative estimate of drug-likeness (QED) is 0.487. The smallest absolute Gasteiger partial charge is 0.164 e. The maximum absolute atomic E-state index is 12.8. The number of nitrogens with zero attached hydrogens (tertiary/aromatic N) is 1. The molecule has 0 saturated carbocycles. The van der Waals surface area contributed by atoms with Gasteiger partial charge in [0.15, 0.2) is 5.78 Å². The number of pyridine rings is 1. The lowest BCUT2D eigenvalue weighted by Gasteiger charge is -2.27. The number of nitrogens with one attached hydrogen (secondary N) is 1. The number of aliphatic hydroxyl groups is 1. The summed E-state index contributed by atoms with van der Waals surface area (Å²) < 4.78 is 0. The summed E-state index contributed by atoms with van der Waals surface area (Å²) in [4.78, 5) is 17.5. The monoisotopic (exact) mass is 366 g/mol. The van der Waals surface area contributed by atoms with Crippen molar-refractivity contribution < 1.29 is 9.90 Å². The largest absolute Gasteiger partial charge is 0.384 e. The third kappa shape index (κ3) is 2.42. The van der Waals surface area contributed by atoms with Gasteiger partial charge in [0.2, 0.25) is 0 Å². The molecule has 0 bridgehead atoms. The van der Waals surface area contributed by atoms with E-state index in [1.165, 1.54) is 0 Å². The molecule has 1 aromatic heterocycles. The van der Waals surface area contributed by atoms with E-state index < -0.39 is 6.10 Å². The van der Waals surface area contributed by atoms with Gasteiger partial charge in [-0.15, -0.1) is 0 Å². The highest BCUT2D eigenvalue weighted by molar-refractivity contribution is 6.15. The molecule has 3 aromatic carbocycles. The van der Waals surface area contributed by atoms with Crippen molar-refractivity contribution in [3.63, 3.8) is 0 Å². The number of hydrogen-bond donors (Lipinski definition) is 2. The number of ketones is 1. The fraction of sp³-hybridized carbons (Fsp3) is 0.0833. The number of rotatable bonds is 3. The minimum Gasteiger partial charge on any atom is -0.384 e. The highest BCUT2D eigenvalue weighted by Gasteiger charge is 2.30. The van der Waals surface area contributed by atoms with E-state index in [-0.39, 0.29) is 5.78 Å². The summed E-state index contributed by atoms with van der Waals surface area (Å²) in [5.41, 5.74) is 5.47. The van der Waals surface area contributed by atoms with Gasteiger partial charge in [-0.05, 0) is 41.8 Å². The number of aliphatic hydroxyl groups excluding tert-OH is 1. The zero-order valence-electron chi connectivity index (χ0n) is 15.3. The number of Topliss-reactive ketones (excluding diaryl/α,β-unsaturated/α-hetero) is 1. The molecule has 4 aromatic rings. The third-order valence-electron chi connectivity index (χ3n) is 5.25. The van der Waals surface area contributed by atoms with E-state index in [4.69, 9.17) is 4.98 Å². The van der Waals surface area contributed by atoms with Crippen LogP contribution in [-0.4, -0.2) is 15.9 Å². The fourth-order valence-electron chi connectivity index (χ4n) is 4.06. The standard InChI is InChI=1S/C24H18N2O2/c1-14(27)20-22-16-10-5-6-11-17(16)23(28)18-12-7-13-19(21(18)22)26-24(20)25-15-8-3-2-4-9-15/h2-13,23,28H,1H3,(H,25,26). The Labute approximate surface area is 162 Å². The van der Waals surface area contributed by atoms with E-state index in [0.717, 1.165) is 38.8 Å². The fourth-order valence-corrected chi connectivity index (χ4v) is 4.06. The Morgan fingerprint density at radius 1 is 0.929 bits per heavy atom. The topological polar surface area (TPSA) is 62.2 Å². The van der Waals surface area contributed by atoms with Crippen LogP contribution in [0.3, 0.4) is 0 Å². The summed E-state index contributed by atoms with van der Waals surface area (Å²) >= 11 is 0. The van der Waals surface area contributed by atoms with E-state index in [9.17, 15) is 9.90 Å². The molecule has 0 radical (unpaired) electrons. The predicted molar refractivity (Wildman–Crippen MR) is 111 cm³/mol. The van der Waals surface area contributed by atoms with Crippen LogP contribution < -0.4 is 5.32 Å². The summed E-state index contributed by atoms with van der Waals surface area (Å²) in [6, 6.07) is 23.1. The first kappa shape index (κ1) is 16.7. The normalized spacial score (nSPS) is 14.6. The van der Waals surface area contributed by atoms with Gasteiger partial charge in [-0.3, -0.25) is 4.79 Å². The van der Waals surface area contributed by atoms with Gasteiger partial charge >= 0.3 is 0 Å². The second kappa shape index (κ2) is 6.29. The van der Waals surface area contributed by atoms with Crippen molar-refractivity contribution in [3.8, 4) is 11.1 Å². The molecule has 136 valence electrons. The molecule has 2 N–H and O–H groups in total. The molecule has 1 atom stereocenters. The number of para-hydroxylation sites is 1. The molecule has 0 amide bonds. The number of anilines is 2. The van der Waals surface area contributed by atoms with Gasteiger partial charge in [0.25, 0.3) is 0 Å². The maximum Gasteiger partial charge on any atom is 0.164 e. The molecule has 0 aliphatic heterocycles. The first-order chi connectivity index (χ1) is 13.6. The van der Waals surface area contributed by atoms with Crippen LogP contribution in [0, 0.1) is 0 Å². The van der Waals surface area contributed by atoms with Gasteiger partial charge in [0.05, 0.1) is 11.1 Å². The molecule has 1 heterocycles. The van der Waals surface area contributed by atoms with Crippen molar-refractivity contribution in [2.45, 2.75) is 13.0 Å². The summed E-state index contributed by atoms with van der Waals surface area (Å²) in [6.45, 7) is 1.56. The van der Waals surface area contributed by atoms with Crippen molar-refractivity contribution in [2.75, 3.05) is 5.32 Å². The summed E-state index contributed by atoms with van der Waals surface area (Å²) in [5, 5.41) is 15.1. The lowest BCUT2D eigenvalue weighted by molar-refractivity contribution is 0.101. The van der Waals surface area contributed by atoms with Crippen LogP contribution >= 0.6 is 0 Å². The third-order valence-corrected chi connectivity index (χ3v) is 5.25. The molecule has 0 saturated heterocycles. The number of benzene rings is 3. The highest BCUT2D eigenvalue weighted by Crippen LogP contribution is 2.47. The lowest BCUT2D eigenvalue weighted by atomic mass is 9.80. The van der Waals surface area contributed by atoms with Gasteiger partial charge in [-0.25, -0.2) is 4.98 Å². The highest BCUT2D eigenvalue weighted by atomic mass is 16.3. The Kier molecular flexibility index (Phi) is 3.74. The van der Waals surface area contributed by atoms with E-state index in [1.54, 1.807) is 6.92 Å². The Balaban J connectivity index is 1.89. The van der Waals surface area contributed by atoms with E-state index >= 15 is 0 Å². The Hall–Kier alpha value is -3.50. The molecule has 0 fully saturated rings. The first-order valence-corrected chi connectivity index (χ1v) is 9.22. The molecule has 5 rings (SSSR count). The van der Waals surface area contributed by atoms with Gasteiger partial charge in [-0.2, -0.15) is 0 Å². The Morgan fingerprint density at radius 2 is 1.64 bits per heavy atom. The Bertz CT molecular complexity index is 1230. The number of carbonyl (C=O) groups is 1. The zero-order valence-corrected chi connectivity index (χ0v) is 15.3. The molecular weight excluding hydrogens is 348 g/mol. The average molecular weight is 366 g/mol. The summed E-state index contributed by atoms with van der Waals surface area (Å²) in [7, 11) is 0. The second-order valence-electron chi connectivity index (χ2n) is 6.99. The van der Waals surface area contributed by atoms with Crippen molar-refractivity contribution in [2.24, 2.45) is 0 Å². The van der Waals surface area contributed by atoms with Gasteiger partial charge < -0.3 is 10.4 Å². The van der Waals surface area contributed by atoms with Crippen molar-refractivity contribution >= 4 is 28.2 Å². The number of fused-ring (bicyclic) bond motifs is 2. The van der Waals surface area contributed by atoms with E-state index in [1.807, 2.05) is 72.8 Å². The van der Waals surface area contributed by atoms with Crippen molar-refractivity contribution in [1.29, 1.82) is 0 Å². The van der Waals surface area contributed by atoms with Crippen LogP contribution in [0.5, 0.6) is 0 Å². The van der Waals surface area contributed by atoms with Gasteiger partial charge in [0.1, 0.15) is 11.9 Å². The molecule has 4 nitrogen and oxygen atoms in total. The first-order valence-electron chi connectivity index (χ1n) is 9.22. The second-order valence-corrected chi connectivity index (χ2v) is 6.99. The molecule has 28 heavy (non-hydrogen) atoms. The van der Waals surface area contributed by atoms with E-state index in [0.29, 0.717) is 11.4 Å². The van der Waals surface area contributed by atoms with Gasteiger partial charge in [0, 0.05) is 16.6 Å². The SMILES string of the molecule is CC(=O)c1c(Nc2ccccc2)nc2cccc3c2c1-c1ccccc1C3O. The van der Waals surface area contributed by atoms with Crippen molar-refractivity contribution in [3.05, 3.63) is 89.5 Å². The maximum atomic E-state index is 12.8. The zero-order chi connectivity index (χ0) is 19.3. The summed E-state index contributed by atoms with van der Waals surface area (Å²) in [5.74, 6) is 0.466. The minimum absolute atomic E-state index is 0.0659. The average Bonchev–Trinajstić information content (AvgIpc) is 2.72. The molecule has 1 aliphatic carbocycles. The van der Waals surface area contributed by atoms with Crippen LogP contribution in [-0.2, 0) is 0 Å². The van der Waals surface area contributed by atoms with E-state index in [2.05, 4.69) is 5.32 Å². The summed E-state index contributed by atoms with van der Waals surface area (Å²) in [6.07, 6.45) is -0.734. The molecule has 1 unspecified atom stereocenters. The predicted octanol–water partition coefficient (Wildman–Crippen LogP) is 5.24. The van der Waals surface area contributed by atoms with Crippen LogP contribution in [0.4, 0.5) is 11.5 Å². The molecule has 0 spiro atoms. The van der Waals surface area contributed by atoms with Crippen LogP contribution in [0.2, 0.25) is 0 Å². The minimum atomic E-state index is -0.734. The lowest BCUT2D eigenvalue weighted by Crippen LogP contribution is -2.14. The van der Waals surface area contributed by atoms with Crippen molar-refractivity contribution in [1.82, 2.24) is 4.98 Å². The molecule has 1 aliphatic rings. The molecule has 4 heteroatoms. The van der Waals surface area contributed by atoms with Gasteiger partial charge in [-0.1, -0.05) is 54.6 Å². The Morgan fingerprint density at radius 3 is 2.43 bits per heavy atom. The number of aromatic nitrogens is 1.